The number of aromatic nitrogens is 1. The van der Waals surface area contributed by atoms with E-state index in [2.05, 4.69) is 4.98 Å². The monoisotopic (exact) mass is 201 g/mol. The first-order chi connectivity index (χ1) is 7.31. The normalized spacial score (nSPS) is 9.93. The fourth-order valence-corrected chi connectivity index (χ4v) is 1.36. The molecule has 0 N–H and O–H groups in total. The Labute approximate surface area is 86.4 Å². The number of hydrogen-bond donors (Lipinski definition) is 0. The van der Waals surface area contributed by atoms with Crippen LogP contribution in [0.2, 0.25) is 0 Å². The van der Waals surface area contributed by atoms with Gasteiger partial charge < -0.3 is 0 Å². The summed E-state index contributed by atoms with van der Waals surface area (Å²) in [4.78, 5) is 14.4. The van der Waals surface area contributed by atoms with Crippen LogP contribution >= 0.6 is 0 Å². The SMILES string of the molecule is O=Cc1cc(-c2ccncc2)ccc1F. The van der Waals surface area contributed by atoms with E-state index in [-0.39, 0.29) is 5.56 Å². The highest BCUT2D eigenvalue weighted by molar-refractivity contribution is 5.79. The van der Waals surface area contributed by atoms with Gasteiger partial charge in [0, 0.05) is 12.4 Å². The Kier molecular flexibility index (Phi) is 2.54. The third-order valence-electron chi connectivity index (χ3n) is 2.14. The Hall–Kier alpha value is -2.03. The highest BCUT2D eigenvalue weighted by atomic mass is 19.1. The summed E-state index contributed by atoms with van der Waals surface area (Å²) < 4.78 is 13.0. The summed E-state index contributed by atoms with van der Waals surface area (Å²) >= 11 is 0. The van der Waals surface area contributed by atoms with Gasteiger partial charge in [0.2, 0.25) is 0 Å². The molecule has 2 nitrogen and oxygen atoms in total. The quantitative estimate of drug-likeness (QED) is 0.699. The standard InChI is InChI=1S/C12H8FNO/c13-12-2-1-10(7-11(12)8-15)9-3-5-14-6-4-9/h1-8H. The highest BCUT2D eigenvalue weighted by Crippen LogP contribution is 2.20. The van der Waals surface area contributed by atoms with E-state index in [1.54, 1.807) is 18.5 Å². The fourth-order valence-electron chi connectivity index (χ4n) is 1.36. The number of halogens is 1. The summed E-state index contributed by atoms with van der Waals surface area (Å²) in [6, 6.07) is 8.07. The zero-order valence-electron chi connectivity index (χ0n) is 7.85. The molecule has 2 rings (SSSR count). The number of pyridine rings is 1. The van der Waals surface area contributed by atoms with Crippen LogP contribution < -0.4 is 0 Å². The van der Waals surface area contributed by atoms with Crippen LogP contribution in [-0.2, 0) is 0 Å². The molecule has 15 heavy (non-hydrogen) atoms. The maximum atomic E-state index is 13.0. The van der Waals surface area contributed by atoms with Crippen LogP contribution in [0.25, 0.3) is 11.1 Å². The zero-order valence-corrected chi connectivity index (χ0v) is 7.85. The highest BCUT2D eigenvalue weighted by Gasteiger charge is 2.03. The molecule has 0 atom stereocenters. The molecule has 0 spiro atoms. The molecule has 0 saturated heterocycles. The minimum Gasteiger partial charge on any atom is -0.298 e. The molecule has 1 aromatic heterocycles. The van der Waals surface area contributed by atoms with E-state index in [1.807, 2.05) is 12.1 Å². The van der Waals surface area contributed by atoms with Gasteiger partial charge in [-0.3, -0.25) is 9.78 Å². The molecule has 0 fully saturated rings. The van der Waals surface area contributed by atoms with Gasteiger partial charge in [-0.15, -0.1) is 0 Å². The van der Waals surface area contributed by atoms with E-state index >= 15 is 0 Å². The first kappa shape index (κ1) is 9.52. The molecule has 0 aliphatic carbocycles. The largest absolute Gasteiger partial charge is 0.298 e. The number of carbonyl (C=O) groups is 1. The van der Waals surface area contributed by atoms with Gasteiger partial charge in [-0.2, -0.15) is 0 Å². The molecule has 0 saturated carbocycles. The van der Waals surface area contributed by atoms with Crippen molar-refractivity contribution in [2.45, 2.75) is 0 Å². The van der Waals surface area contributed by atoms with E-state index in [0.717, 1.165) is 11.1 Å². The molecule has 0 aliphatic rings. The summed E-state index contributed by atoms with van der Waals surface area (Å²) in [5.41, 5.74) is 1.79. The van der Waals surface area contributed by atoms with Gasteiger partial charge in [0.05, 0.1) is 5.56 Å². The first-order valence-corrected chi connectivity index (χ1v) is 4.46. The lowest BCUT2D eigenvalue weighted by Crippen LogP contribution is -1.88. The number of carbonyl (C=O) groups excluding carboxylic acids is 1. The van der Waals surface area contributed by atoms with Crippen LogP contribution in [0.4, 0.5) is 4.39 Å². The van der Waals surface area contributed by atoms with Gasteiger partial charge in [0.1, 0.15) is 5.82 Å². The third kappa shape index (κ3) is 1.91. The Morgan fingerprint density at radius 2 is 1.80 bits per heavy atom. The summed E-state index contributed by atoms with van der Waals surface area (Å²) in [5.74, 6) is -0.497. The molecule has 2 aromatic rings. The van der Waals surface area contributed by atoms with Gasteiger partial charge in [-0.25, -0.2) is 4.39 Å². The number of rotatable bonds is 2. The summed E-state index contributed by atoms with van der Waals surface area (Å²) in [7, 11) is 0. The topological polar surface area (TPSA) is 30.0 Å². The van der Waals surface area contributed by atoms with Gasteiger partial charge in [0.25, 0.3) is 0 Å². The van der Waals surface area contributed by atoms with Crippen molar-refractivity contribution in [3.63, 3.8) is 0 Å². The lowest BCUT2D eigenvalue weighted by molar-refractivity contribution is 0.112. The summed E-state index contributed by atoms with van der Waals surface area (Å²) in [6.45, 7) is 0. The van der Waals surface area contributed by atoms with E-state index in [1.165, 1.54) is 12.1 Å². The number of nitrogens with zero attached hydrogens (tertiary/aromatic N) is 1. The van der Waals surface area contributed by atoms with Crippen LogP contribution in [0.15, 0.2) is 42.7 Å². The molecule has 1 heterocycles. The molecule has 1 aromatic carbocycles. The van der Waals surface area contributed by atoms with E-state index in [0.29, 0.717) is 6.29 Å². The van der Waals surface area contributed by atoms with E-state index in [4.69, 9.17) is 0 Å². The van der Waals surface area contributed by atoms with Crippen molar-refractivity contribution in [1.82, 2.24) is 4.98 Å². The molecule has 3 heteroatoms. The Morgan fingerprint density at radius 1 is 1.07 bits per heavy atom. The summed E-state index contributed by atoms with van der Waals surface area (Å²) in [5, 5.41) is 0. The third-order valence-corrected chi connectivity index (χ3v) is 2.14. The van der Waals surface area contributed by atoms with Crippen LogP contribution in [0.3, 0.4) is 0 Å². The predicted molar refractivity (Wildman–Crippen MR) is 55.0 cm³/mol. The van der Waals surface area contributed by atoms with Gasteiger partial charge >= 0.3 is 0 Å². The van der Waals surface area contributed by atoms with Crippen LogP contribution in [0, 0.1) is 5.82 Å². The maximum absolute atomic E-state index is 13.0. The second-order valence-corrected chi connectivity index (χ2v) is 3.09. The maximum Gasteiger partial charge on any atom is 0.153 e. The van der Waals surface area contributed by atoms with Crippen molar-refractivity contribution in [2.75, 3.05) is 0 Å². The average molecular weight is 201 g/mol. The van der Waals surface area contributed by atoms with Crippen LogP contribution in [0.1, 0.15) is 10.4 Å². The lowest BCUT2D eigenvalue weighted by Gasteiger charge is -2.02. The van der Waals surface area contributed by atoms with Gasteiger partial charge in [-0.05, 0) is 35.4 Å². The average Bonchev–Trinajstić information content (AvgIpc) is 2.31. The molecule has 0 amide bonds. The lowest BCUT2D eigenvalue weighted by atomic mass is 10.0. The summed E-state index contributed by atoms with van der Waals surface area (Å²) in [6.07, 6.45) is 3.82. The van der Waals surface area contributed by atoms with Crippen LogP contribution in [-0.4, -0.2) is 11.3 Å². The molecular formula is C12H8FNO. The van der Waals surface area contributed by atoms with E-state index < -0.39 is 5.82 Å². The Balaban J connectivity index is 2.51. The zero-order chi connectivity index (χ0) is 10.7. The Bertz CT molecular complexity index is 482. The van der Waals surface area contributed by atoms with E-state index in [9.17, 15) is 9.18 Å². The second-order valence-electron chi connectivity index (χ2n) is 3.09. The molecule has 0 aliphatic heterocycles. The van der Waals surface area contributed by atoms with Gasteiger partial charge in [0.15, 0.2) is 6.29 Å². The van der Waals surface area contributed by atoms with Crippen molar-refractivity contribution in [2.24, 2.45) is 0 Å². The molecular weight excluding hydrogens is 193 g/mol. The smallest absolute Gasteiger partial charge is 0.153 e. The number of aldehydes is 1. The minimum atomic E-state index is -0.497. The second kappa shape index (κ2) is 4.00. The molecule has 0 radical (unpaired) electrons. The fraction of sp³-hybridized carbons (Fsp3) is 0. The number of hydrogen-bond acceptors (Lipinski definition) is 2. The molecule has 74 valence electrons. The Morgan fingerprint density at radius 3 is 2.47 bits per heavy atom. The molecule has 0 unspecified atom stereocenters. The van der Waals surface area contributed by atoms with Crippen molar-refractivity contribution < 1.29 is 9.18 Å². The van der Waals surface area contributed by atoms with Crippen molar-refractivity contribution in [1.29, 1.82) is 0 Å². The van der Waals surface area contributed by atoms with Crippen LogP contribution in [0.5, 0.6) is 0 Å². The van der Waals surface area contributed by atoms with Crippen molar-refractivity contribution in [3.05, 3.63) is 54.1 Å². The minimum absolute atomic E-state index is 0.0734. The molecule has 0 bridgehead atoms. The first-order valence-electron chi connectivity index (χ1n) is 4.46. The predicted octanol–water partition coefficient (Wildman–Crippen LogP) is 2.70. The van der Waals surface area contributed by atoms with Crippen molar-refractivity contribution >= 4 is 6.29 Å². The van der Waals surface area contributed by atoms with Gasteiger partial charge in [-0.1, -0.05) is 6.07 Å². The van der Waals surface area contributed by atoms with Crippen molar-refractivity contribution in [3.8, 4) is 11.1 Å². The number of benzene rings is 1.